The third kappa shape index (κ3) is 2.62. The first kappa shape index (κ1) is 10.4. The molecular weight excluding hydrogens is 156 g/mol. The minimum atomic E-state index is 0.477. The average molecular weight is 176 g/mol. The highest BCUT2D eigenvalue weighted by Crippen LogP contribution is 2.39. The van der Waals surface area contributed by atoms with Gasteiger partial charge in [-0.05, 0) is 30.6 Å². The van der Waals surface area contributed by atoms with Crippen molar-refractivity contribution in [2.24, 2.45) is 11.3 Å². The molecule has 1 aliphatic rings. The van der Waals surface area contributed by atoms with Gasteiger partial charge < -0.3 is 0 Å². The van der Waals surface area contributed by atoms with Gasteiger partial charge >= 0.3 is 0 Å². The molecule has 0 aliphatic heterocycles. The molecule has 0 heteroatoms. The molecule has 0 aromatic heterocycles. The predicted octanol–water partition coefficient (Wildman–Crippen LogP) is 3.78. The van der Waals surface area contributed by atoms with E-state index in [1.165, 1.54) is 12.8 Å². The van der Waals surface area contributed by atoms with Crippen molar-refractivity contribution in [3.8, 4) is 11.8 Å². The van der Waals surface area contributed by atoms with E-state index in [-0.39, 0.29) is 0 Å². The van der Waals surface area contributed by atoms with Crippen LogP contribution in [0.3, 0.4) is 0 Å². The van der Waals surface area contributed by atoms with Crippen molar-refractivity contribution in [1.82, 2.24) is 0 Å². The molecule has 0 aromatic rings. The summed E-state index contributed by atoms with van der Waals surface area (Å²) in [5.41, 5.74) is 0.477. The first-order valence-electron chi connectivity index (χ1n) is 5.25. The van der Waals surface area contributed by atoms with Crippen LogP contribution < -0.4 is 0 Å². The Kier molecular flexibility index (Phi) is 3.60. The van der Waals surface area contributed by atoms with Crippen molar-refractivity contribution < 1.29 is 0 Å². The van der Waals surface area contributed by atoms with Crippen LogP contribution in [0.15, 0.2) is 12.7 Å². The molecule has 0 saturated carbocycles. The van der Waals surface area contributed by atoms with Crippen molar-refractivity contribution in [3.63, 3.8) is 0 Å². The Morgan fingerprint density at radius 1 is 1.54 bits per heavy atom. The monoisotopic (exact) mass is 176 g/mol. The Balaban J connectivity index is 2.58. The molecule has 13 heavy (non-hydrogen) atoms. The second-order valence-electron chi connectivity index (χ2n) is 4.44. The second-order valence-corrected chi connectivity index (χ2v) is 4.44. The van der Waals surface area contributed by atoms with E-state index in [4.69, 9.17) is 0 Å². The fourth-order valence-corrected chi connectivity index (χ4v) is 1.96. The Hall–Kier alpha value is -0.700. The smallest absolute Gasteiger partial charge is 0.0120 e. The fraction of sp³-hybridized carbons (Fsp3) is 0.692. The number of allylic oxidation sites excluding steroid dienone is 1. The van der Waals surface area contributed by atoms with Gasteiger partial charge in [-0.15, -0.1) is 18.4 Å². The number of hydrogen-bond acceptors (Lipinski definition) is 0. The maximum Gasteiger partial charge on any atom is 0.0120 e. The summed E-state index contributed by atoms with van der Waals surface area (Å²) in [5, 5.41) is 0. The SMILES string of the molecule is C=CCCC1(C)CCC#CCC1C. The Morgan fingerprint density at radius 2 is 2.31 bits per heavy atom. The Bertz CT molecular complexity index is 228. The quantitative estimate of drug-likeness (QED) is 0.453. The molecule has 0 spiro atoms. The molecule has 1 aliphatic carbocycles. The lowest BCUT2D eigenvalue weighted by molar-refractivity contribution is 0.177. The summed E-state index contributed by atoms with van der Waals surface area (Å²) in [6.45, 7) is 8.53. The van der Waals surface area contributed by atoms with Gasteiger partial charge in [-0.2, -0.15) is 0 Å². The molecule has 0 radical (unpaired) electrons. The van der Waals surface area contributed by atoms with Gasteiger partial charge in [0.2, 0.25) is 0 Å². The standard InChI is InChI=1S/C13H20/c1-4-5-10-13(3)11-8-6-7-9-12(13)2/h4,12H,1,5,8-11H2,2-3H3. The topological polar surface area (TPSA) is 0 Å². The van der Waals surface area contributed by atoms with E-state index in [1.54, 1.807) is 0 Å². The van der Waals surface area contributed by atoms with Crippen LogP contribution in [-0.2, 0) is 0 Å². The molecule has 0 heterocycles. The van der Waals surface area contributed by atoms with Crippen molar-refractivity contribution in [2.45, 2.75) is 46.0 Å². The number of hydrogen-bond donors (Lipinski definition) is 0. The van der Waals surface area contributed by atoms with Gasteiger partial charge in [0.05, 0.1) is 0 Å². The predicted molar refractivity (Wildman–Crippen MR) is 58.3 cm³/mol. The Labute approximate surface area is 82.4 Å². The third-order valence-electron chi connectivity index (χ3n) is 3.46. The van der Waals surface area contributed by atoms with Crippen LogP contribution in [-0.4, -0.2) is 0 Å². The maximum atomic E-state index is 3.79. The van der Waals surface area contributed by atoms with Crippen LogP contribution in [0.5, 0.6) is 0 Å². The van der Waals surface area contributed by atoms with Crippen molar-refractivity contribution in [2.75, 3.05) is 0 Å². The van der Waals surface area contributed by atoms with Gasteiger partial charge in [0.1, 0.15) is 0 Å². The normalized spacial score (nSPS) is 32.9. The lowest BCUT2D eigenvalue weighted by atomic mass is 9.71. The van der Waals surface area contributed by atoms with E-state index in [9.17, 15) is 0 Å². The molecule has 72 valence electrons. The maximum absolute atomic E-state index is 3.79. The summed E-state index contributed by atoms with van der Waals surface area (Å²) >= 11 is 0. The number of rotatable bonds is 3. The van der Waals surface area contributed by atoms with Crippen LogP contribution >= 0.6 is 0 Å². The van der Waals surface area contributed by atoms with E-state index in [0.29, 0.717) is 5.41 Å². The summed E-state index contributed by atoms with van der Waals surface area (Å²) in [6, 6.07) is 0. The Morgan fingerprint density at radius 3 is 3.00 bits per heavy atom. The molecule has 0 aromatic carbocycles. The van der Waals surface area contributed by atoms with E-state index in [1.807, 2.05) is 6.08 Å². The summed E-state index contributed by atoms with van der Waals surface area (Å²) in [7, 11) is 0. The highest BCUT2D eigenvalue weighted by molar-refractivity contribution is 5.05. The minimum absolute atomic E-state index is 0.477. The van der Waals surface area contributed by atoms with Crippen LogP contribution in [0.25, 0.3) is 0 Å². The zero-order chi connectivity index (χ0) is 9.73. The minimum Gasteiger partial charge on any atom is -0.103 e. The lowest BCUT2D eigenvalue weighted by Crippen LogP contribution is -2.24. The van der Waals surface area contributed by atoms with E-state index in [0.717, 1.165) is 25.2 Å². The van der Waals surface area contributed by atoms with Gasteiger partial charge in [-0.3, -0.25) is 0 Å². The second kappa shape index (κ2) is 4.51. The first-order chi connectivity index (χ1) is 6.19. The summed E-state index contributed by atoms with van der Waals surface area (Å²) < 4.78 is 0. The average Bonchev–Trinajstić information content (AvgIpc) is 2.28. The van der Waals surface area contributed by atoms with Crippen LogP contribution in [0, 0.1) is 23.2 Å². The highest BCUT2D eigenvalue weighted by Gasteiger charge is 2.29. The van der Waals surface area contributed by atoms with Gasteiger partial charge in [0, 0.05) is 12.8 Å². The third-order valence-corrected chi connectivity index (χ3v) is 3.46. The zero-order valence-electron chi connectivity index (χ0n) is 8.90. The van der Waals surface area contributed by atoms with Crippen LogP contribution in [0.4, 0.5) is 0 Å². The summed E-state index contributed by atoms with van der Waals surface area (Å²) in [4.78, 5) is 0. The van der Waals surface area contributed by atoms with Gasteiger partial charge in [-0.1, -0.05) is 19.9 Å². The summed E-state index contributed by atoms with van der Waals surface area (Å²) in [5.74, 6) is 7.22. The molecule has 0 bridgehead atoms. The van der Waals surface area contributed by atoms with E-state index < -0.39 is 0 Å². The van der Waals surface area contributed by atoms with Crippen molar-refractivity contribution >= 4 is 0 Å². The first-order valence-corrected chi connectivity index (χ1v) is 5.25. The molecule has 2 unspecified atom stereocenters. The fourth-order valence-electron chi connectivity index (χ4n) is 1.96. The molecule has 0 N–H and O–H groups in total. The van der Waals surface area contributed by atoms with E-state index >= 15 is 0 Å². The van der Waals surface area contributed by atoms with Crippen molar-refractivity contribution in [1.29, 1.82) is 0 Å². The molecule has 0 nitrogen and oxygen atoms in total. The molecule has 0 saturated heterocycles. The molecule has 0 fully saturated rings. The molecule has 1 rings (SSSR count). The van der Waals surface area contributed by atoms with Crippen molar-refractivity contribution in [3.05, 3.63) is 12.7 Å². The molecular formula is C13H20. The van der Waals surface area contributed by atoms with E-state index in [2.05, 4.69) is 32.3 Å². The van der Waals surface area contributed by atoms with Crippen LogP contribution in [0.2, 0.25) is 0 Å². The van der Waals surface area contributed by atoms with Gasteiger partial charge in [0.25, 0.3) is 0 Å². The largest absolute Gasteiger partial charge is 0.103 e. The van der Waals surface area contributed by atoms with Gasteiger partial charge in [-0.25, -0.2) is 0 Å². The molecule has 0 amide bonds. The summed E-state index contributed by atoms with van der Waals surface area (Å²) in [6.07, 6.45) is 7.85. The van der Waals surface area contributed by atoms with Crippen LogP contribution in [0.1, 0.15) is 46.0 Å². The highest BCUT2D eigenvalue weighted by atomic mass is 14.3. The lowest BCUT2D eigenvalue weighted by Gasteiger charge is -2.33. The zero-order valence-corrected chi connectivity index (χ0v) is 8.90. The molecule has 2 atom stereocenters. The van der Waals surface area contributed by atoms with Gasteiger partial charge in [0.15, 0.2) is 0 Å².